The predicted octanol–water partition coefficient (Wildman–Crippen LogP) is 2.13. The summed E-state index contributed by atoms with van der Waals surface area (Å²) in [5.41, 5.74) is 9.85. The summed E-state index contributed by atoms with van der Waals surface area (Å²) in [5.74, 6) is 0.675. The summed E-state index contributed by atoms with van der Waals surface area (Å²) in [5, 5.41) is 0. The maximum absolute atomic E-state index is 5.53. The van der Waals surface area contributed by atoms with E-state index in [9.17, 15) is 0 Å². The van der Waals surface area contributed by atoms with Gasteiger partial charge in [0.25, 0.3) is 0 Å². The molecule has 1 aromatic carbocycles. The van der Waals surface area contributed by atoms with Crippen molar-refractivity contribution in [3.8, 4) is 0 Å². The Morgan fingerprint density at radius 1 is 1.47 bits per heavy atom. The zero-order chi connectivity index (χ0) is 10.8. The fourth-order valence-electron chi connectivity index (χ4n) is 2.41. The van der Waals surface area contributed by atoms with E-state index in [4.69, 9.17) is 5.73 Å². The molecule has 0 fully saturated rings. The number of fused-ring (bicyclic) bond motifs is 1. The van der Waals surface area contributed by atoms with Gasteiger partial charge in [-0.2, -0.15) is 0 Å². The number of likely N-dealkylation sites (N-methyl/N-ethyl adjacent to an activating group) is 1. The van der Waals surface area contributed by atoms with Gasteiger partial charge in [0, 0.05) is 25.2 Å². The molecule has 2 nitrogen and oxygen atoms in total. The van der Waals surface area contributed by atoms with E-state index in [1.807, 2.05) is 0 Å². The van der Waals surface area contributed by atoms with Crippen LogP contribution in [0.25, 0.3) is 0 Å². The third-order valence-corrected chi connectivity index (χ3v) is 3.25. The molecule has 1 unspecified atom stereocenters. The van der Waals surface area contributed by atoms with Crippen LogP contribution >= 0.6 is 0 Å². The number of hydrogen-bond acceptors (Lipinski definition) is 2. The lowest BCUT2D eigenvalue weighted by molar-refractivity contribution is 0.796. The van der Waals surface area contributed by atoms with Crippen LogP contribution in [0.3, 0.4) is 0 Å². The maximum atomic E-state index is 5.53. The van der Waals surface area contributed by atoms with Crippen molar-refractivity contribution in [2.75, 3.05) is 25.0 Å². The molecule has 82 valence electrons. The van der Waals surface area contributed by atoms with Crippen LogP contribution in [-0.4, -0.2) is 20.1 Å². The molecule has 15 heavy (non-hydrogen) atoms. The van der Waals surface area contributed by atoms with Crippen molar-refractivity contribution in [1.29, 1.82) is 0 Å². The monoisotopic (exact) mass is 204 g/mol. The Bertz CT molecular complexity index is 346. The topological polar surface area (TPSA) is 29.3 Å². The first-order chi connectivity index (χ1) is 7.22. The van der Waals surface area contributed by atoms with Crippen molar-refractivity contribution in [2.24, 2.45) is 5.73 Å². The summed E-state index contributed by atoms with van der Waals surface area (Å²) >= 11 is 0. The molecule has 2 rings (SSSR count). The van der Waals surface area contributed by atoms with Crippen LogP contribution in [0.5, 0.6) is 0 Å². The summed E-state index contributed by atoms with van der Waals surface area (Å²) in [6.45, 7) is 4.22. The Kier molecular flexibility index (Phi) is 2.96. The molecule has 0 aromatic heterocycles. The highest BCUT2D eigenvalue weighted by atomic mass is 15.1. The van der Waals surface area contributed by atoms with Gasteiger partial charge < -0.3 is 10.6 Å². The number of benzene rings is 1. The number of rotatable bonds is 3. The molecule has 0 aliphatic carbocycles. The van der Waals surface area contributed by atoms with Crippen LogP contribution in [0.4, 0.5) is 5.69 Å². The van der Waals surface area contributed by atoms with Gasteiger partial charge in [-0.3, -0.25) is 0 Å². The SMILES string of the molecule is CC1CN(C)c2cc(CCCN)ccc21. The number of anilines is 1. The van der Waals surface area contributed by atoms with E-state index in [1.165, 1.54) is 16.8 Å². The first-order valence-corrected chi connectivity index (χ1v) is 5.76. The van der Waals surface area contributed by atoms with Gasteiger partial charge in [0.1, 0.15) is 0 Å². The van der Waals surface area contributed by atoms with E-state index in [-0.39, 0.29) is 0 Å². The minimum atomic E-state index is 0.675. The van der Waals surface area contributed by atoms with Crippen molar-refractivity contribution in [2.45, 2.75) is 25.7 Å². The molecule has 0 bridgehead atoms. The zero-order valence-corrected chi connectivity index (χ0v) is 9.66. The van der Waals surface area contributed by atoms with Gasteiger partial charge in [-0.25, -0.2) is 0 Å². The minimum absolute atomic E-state index is 0.675. The summed E-state index contributed by atoms with van der Waals surface area (Å²) in [6, 6.07) is 6.87. The van der Waals surface area contributed by atoms with Gasteiger partial charge in [0.15, 0.2) is 0 Å². The Hall–Kier alpha value is -1.02. The predicted molar refractivity (Wildman–Crippen MR) is 65.5 cm³/mol. The molecular weight excluding hydrogens is 184 g/mol. The summed E-state index contributed by atoms with van der Waals surface area (Å²) in [7, 11) is 2.18. The van der Waals surface area contributed by atoms with Crippen LogP contribution in [0, 0.1) is 0 Å². The molecule has 1 atom stereocenters. The Labute approximate surface area is 92.1 Å². The van der Waals surface area contributed by atoms with E-state index in [0.717, 1.165) is 25.9 Å². The standard InChI is InChI=1S/C13H20N2/c1-10-9-15(2)13-8-11(4-3-7-14)5-6-12(10)13/h5-6,8,10H,3-4,7,9,14H2,1-2H3. The highest BCUT2D eigenvalue weighted by Crippen LogP contribution is 2.35. The van der Waals surface area contributed by atoms with Gasteiger partial charge in [0.05, 0.1) is 0 Å². The molecule has 2 N–H and O–H groups in total. The van der Waals surface area contributed by atoms with Crippen LogP contribution < -0.4 is 10.6 Å². The lowest BCUT2D eigenvalue weighted by Crippen LogP contribution is -2.14. The molecule has 0 radical (unpaired) electrons. The fourth-order valence-corrected chi connectivity index (χ4v) is 2.41. The second kappa shape index (κ2) is 4.23. The van der Waals surface area contributed by atoms with Crippen molar-refractivity contribution in [3.63, 3.8) is 0 Å². The summed E-state index contributed by atoms with van der Waals surface area (Å²) < 4.78 is 0. The van der Waals surface area contributed by atoms with E-state index in [2.05, 4.69) is 37.1 Å². The normalized spacial score (nSPS) is 19.4. The molecule has 0 spiro atoms. The summed E-state index contributed by atoms with van der Waals surface area (Å²) in [4.78, 5) is 2.35. The first kappa shape index (κ1) is 10.5. The third-order valence-electron chi connectivity index (χ3n) is 3.25. The van der Waals surface area contributed by atoms with E-state index >= 15 is 0 Å². The molecular formula is C13H20N2. The van der Waals surface area contributed by atoms with Crippen molar-refractivity contribution in [1.82, 2.24) is 0 Å². The molecule has 1 heterocycles. The van der Waals surface area contributed by atoms with Gasteiger partial charge in [0.2, 0.25) is 0 Å². The lowest BCUT2D eigenvalue weighted by atomic mass is 10.0. The third kappa shape index (κ3) is 2.00. The van der Waals surface area contributed by atoms with Gasteiger partial charge in [-0.05, 0) is 36.6 Å². The highest BCUT2D eigenvalue weighted by molar-refractivity contribution is 5.60. The molecule has 0 amide bonds. The van der Waals surface area contributed by atoms with Crippen LogP contribution in [0.2, 0.25) is 0 Å². The fraction of sp³-hybridized carbons (Fsp3) is 0.538. The van der Waals surface area contributed by atoms with Gasteiger partial charge in [-0.1, -0.05) is 19.1 Å². The molecule has 1 aromatic rings. The maximum Gasteiger partial charge on any atom is 0.0402 e. The molecule has 1 aliphatic rings. The number of nitrogens with two attached hydrogens (primary N) is 1. The second-order valence-corrected chi connectivity index (χ2v) is 4.57. The molecule has 1 aliphatic heterocycles. The van der Waals surface area contributed by atoms with E-state index in [1.54, 1.807) is 0 Å². The molecule has 0 saturated heterocycles. The Morgan fingerprint density at radius 3 is 3.00 bits per heavy atom. The number of aryl methyl sites for hydroxylation is 1. The quantitative estimate of drug-likeness (QED) is 0.817. The number of hydrogen-bond donors (Lipinski definition) is 1. The van der Waals surface area contributed by atoms with Gasteiger partial charge >= 0.3 is 0 Å². The van der Waals surface area contributed by atoms with E-state index in [0.29, 0.717) is 5.92 Å². The Balaban J connectivity index is 2.22. The smallest absolute Gasteiger partial charge is 0.0402 e. The molecule has 0 saturated carbocycles. The lowest BCUT2D eigenvalue weighted by Gasteiger charge is -2.12. The van der Waals surface area contributed by atoms with Gasteiger partial charge in [-0.15, -0.1) is 0 Å². The zero-order valence-electron chi connectivity index (χ0n) is 9.66. The van der Waals surface area contributed by atoms with Crippen molar-refractivity contribution in [3.05, 3.63) is 29.3 Å². The molecule has 2 heteroatoms. The van der Waals surface area contributed by atoms with Crippen molar-refractivity contribution < 1.29 is 0 Å². The van der Waals surface area contributed by atoms with Crippen LogP contribution in [0.1, 0.15) is 30.4 Å². The highest BCUT2D eigenvalue weighted by Gasteiger charge is 2.22. The average molecular weight is 204 g/mol. The average Bonchev–Trinajstić information content (AvgIpc) is 2.52. The Morgan fingerprint density at radius 2 is 2.27 bits per heavy atom. The first-order valence-electron chi connectivity index (χ1n) is 5.76. The van der Waals surface area contributed by atoms with Crippen molar-refractivity contribution >= 4 is 5.69 Å². The second-order valence-electron chi connectivity index (χ2n) is 4.57. The minimum Gasteiger partial charge on any atom is -0.374 e. The largest absolute Gasteiger partial charge is 0.374 e. The van der Waals surface area contributed by atoms with Crippen LogP contribution in [0.15, 0.2) is 18.2 Å². The van der Waals surface area contributed by atoms with Crippen LogP contribution in [-0.2, 0) is 6.42 Å². The number of nitrogens with zero attached hydrogens (tertiary/aromatic N) is 1. The summed E-state index contributed by atoms with van der Waals surface area (Å²) in [6.07, 6.45) is 2.18. The van der Waals surface area contributed by atoms with E-state index < -0.39 is 0 Å².